The number of carbonyl (C=O) groups is 2. The summed E-state index contributed by atoms with van der Waals surface area (Å²) in [7, 11) is -8.65. The van der Waals surface area contributed by atoms with Crippen LogP contribution in [-0.4, -0.2) is 92.1 Å². The third-order valence-electron chi connectivity index (χ3n) is 8.71. The first kappa shape index (κ1) is 48.1. The number of thiazole rings is 2. The van der Waals surface area contributed by atoms with Gasteiger partial charge < -0.3 is 19.7 Å². The van der Waals surface area contributed by atoms with Gasteiger partial charge in [0.15, 0.2) is 13.2 Å². The van der Waals surface area contributed by atoms with E-state index in [0.29, 0.717) is 50.1 Å². The summed E-state index contributed by atoms with van der Waals surface area (Å²) in [6.07, 6.45) is 0. The number of carboxylic acid groups (broad SMARTS) is 2. The maximum absolute atomic E-state index is 11.4. The number of tetrazole rings is 1. The van der Waals surface area contributed by atoms with Gasteiger partial charge in [0.1, 0.15) is 22.9 Å². The lowest BCUT2D eigenvalue weighted by atomic mass is 10.2. The second-order valence-electron chi connectivity index (χ2n) is 13.5. The molecule has 0 aliphatic carbocycles. The number of azo groups is 1. The van der Waals surface area contributed by atoms with Crippen LogP contribution >= 0.6 is 22.7 Å². The molecule has 0 fully saturated rings. The molecule has 3 heterocycles. The summed E-state index contributed by atoms with van der Waals surface area (Å²) in [6.45, 7) is 6.60. The molecule has 7 aromatic rings. The first-order valence-corrected chi connectivity index (χ1v) is 23.3. The summed E-state index contributed by atoms with van der Waals surface area (Å²) in [4.78, 5) is 34.8. The number of amidine groups is 1. The molecule has 4 aromatic carbocycles. The van der Waals surface area contributed by atoms with Crippen molar-refractivity contribution >= 4 is 71.5 Å². The van der Waals surface area contributed by atoms with Gasteiger partial charge in [0.25, 0.3) is 26.1 Å². The van der Waals surface area contributed by atoms with E-state index in [1.807, 2.05) is 27.7 Å². The van der Waals surface area contributed by atoms with Crippen LogP contribution in [0.3, 0.4) is 0 Å². The van der Waals surface area contributed by atoms with Gasteiger partial charge >= 0.3 is 17.1 Å². The minimum Gasteiger partial charge on any atom is -0.482 e. The molecule has 342 valence electrons. The van der Waals surface area contributed by atoms with E-state index in [4.69, 9.17) is 24.2 Å². The number of benzene rings is 4. The fourth-order valence-electron chi connectivity index (χ4n) is 5.28. The molecule has 0 atom stereocenters. The Morgan fingerprint density at radius 1 is 0.742 bits per heavy atom. The smallest absolute Gasteiger partial charge is 0.364 e. The van der Waals surface area contributed by atoms with Gasteiger partial charge in [-0.2, -0.15) is 21.9 Å². The number of carboxylic acids is 2. The van der Waals surface area contributed by atoms with Crippen molar-refractivity contribution < 1.29 is 60.0 Å². The highest BCUT2D eigenvalue weighted by molar-refractivity contribution is 7.86. The highest BCUT2D eigenvalue weighted by Gasteiger charge is 2.26. The summed E-state index contributed by atoms with van der Waals surface area (Å²) in [6, 6.07) is 23.9. The lowest BCUT2D eigenvalue weighted by Crippen LogP contribution is -2.43. The largest absolute Gasteiger partial charge is 0.482 e. The van der Waals surface area contributed by atoms with E-state index in [9.17, 15) is 31.0 Å². The molecule has 26 heteroatoms. The van der Waals surface area contributed by atoms with E-state index in [-0.39, 0.29) is 15.6 Å². The number of aromatic nitrogens is 6. The molecule has 0 unspecified atom stereocenters. The van der Waals surface area contributed by atoms with E-state index in [1.54, 1.807) is 48.5 Å². The molecule has 0 aliphatic rings. The van der Waals surface area contributed by atoms with Gasteiger partial charge in [-0.05, 0) is 121 Å². The number of aliphatic carboxylic acids is 2. The summed E-state index contributed by atoms with van der Waals surface area (Å²) >= 11 is 2.78. The quantitative estimate of drug-likeness (QED) is 0.0196. The zero-order chi connectivity index (χ0) is 47.8. The van der Waals surface area contributed by atoms with Crippen LogP contribution in [-0.2, 0) is 29.8 Å². The van der Waals surface area contributed by atoms with Crippen molar-refractivity contribution in [1.29, 1.82) is 0 Å². The zero-order valence-electron chi connectivity index (χ0n) is 34.9. The standard InChI is InChI=1S/C20H17N5O6S2.C20H19N5O6S2/c1-12-13(2)32-20(21-12)25-23-19(14-4-3-5-16(10-14)31-11-18(26)27)22-24(25)15-6-8-17(9-7-15)33(28,29)30;1-12-13(2)32-20(21-12)25-24-19(14-4-3-5-16(10-14)31-11-18(26)27)23-22-15-6-8-17(9-7-15)33(28,29)30/h3-10H,11H2,1-2H3,(H-,26,27,28,29,30);3-10,22H,11H2,1-2H3,(H,26,27)(H,28,29,30)/p+1/b;23-19-,25-24?. The number of hydrazone groups is 1. The highest BCUT2D eigenvalue weighted by atomic mass is 32.2. The Labute approximate surface area is 383 Å². The van der Waals surface area contributed by atoms with Crippen LogP contribution < -0.4 is 19.7 Å². The Morgan fingerprint density at radius 3 is 1.85 bits per heavy atom. The number of rotatable bonds is 15. The average Bonchev–Trinajstić information content (AvgIpc) is 3.97. The van der Waals surface area contributed by atoms with E-state index >= 15 is 0 Å². The summed E-state index contributed by atoms with van der Waals surface area (Å²) in [5.41, 5.74) is 6.39. The molecule has 0 saturated carbocycles. The van der Waals surface area contributed by atoms with E-state index in [1.165, 1.54) is 80.8 Å². The van der Waals surface area contributed by atoms with Gasteiger partial charge in [0.2, 0.25) is 11.0 Å². The average molecular weight is 978 g/mol. The molecule has 5 N–H and O–H groups in total. The fourth-order valence-corrected chi connectivity index (χ4v) is 7.82. The Morgan fingerprint density at radius 2 is 1.30 bits per heavy atom. The number of ether oxygens (including phenoxy) is 2. The third kappa shape index (κ3) is 12.9. The predicted octanol–water partition coefficient (Wildman–Crippen LogP) is 6.02. The fraction of sp³-hybridized carbons (Fsp3) is 0.150. The Balaban J connectivity index is 0.000000218. The van der Waals surface area contributed by atoms with Gasteiger partial charge in [-0.3, -0.25) is 14.5 Å². The van der Waals surface area contributed by atoms with Gasteiger partial charge in [-0.15, -0.1) is 10.2 Å². The Hall–Kier alpha value is -7.36. The summed E-state index contributed by atoms with van der Waals surface area (Å²) in [5, 5.41) is 40.3. The third-order valence-corrected chi connectivity index (χ3v) is 12.4. The Bertz CT molecular complexity index is 3150. The SMILES string of the molecule is Cc1nc(-[n+]2nc(-c3cccc(OCC(=O)O)c3)nn2-c2ccc(S(=O)(=O)O)cc2)sc1C.Cc1nc(N=N/C(=N\Nc2ccc(S(=O)(=O)O)cc2)c2cccc(OCC(=O)O)c2)sc1C. The van der Waals surface area contributed by atoms with Crippen LogP contribution in [0.1, 0.15) is 26.7 Å². The minimum absolute atomic E-state index is 0.139. The molecule has 0 saturated heterocycles. The van der Waals surface area contributed by atoms with Gasteiger partial charge in [0.05, 0.1) is 21.2 Å². The number of hydrogen-bond donors (Lipinski definition) is 5. The van der Waals surface area contributed by atoms with E-state index in [2.05, 4.69) is 40.9 Å². The first-order valence-electron chi connectivity index (χ1n) is 18.8. The molecule has 22 nitrogen and oxygen atoms in total. The van der Waals surface area contributed by atoms with Crippen LogP contribution in [0, 0.1) is 27.7 Å². The van der Waals surface area contributed by atoms with Crippen LogP contribution in [0.2, 0.25) is 0 Å². The molecule has 7 rings (SSSR count). The normalized spacial score (nSPS) is 11.8. The number of anilines is 1. The second kappa shape index (κ2) is 20.6. The molecule has 0 radical (unpaired) electrons. The maximum atomic E-state index is 11.4. The lowest BCUT2D eigenvalue weighted by molar-refractivity contribution is -0.734. The molecule has 0 spiro atoms. The molecule has 0 aliphatic heterocycles. The summed E-state index contributed by atoms with van der Waals surface area (Å²) in [5.74, 6) is -1.12. The molecule has 66 heavy (non-hydrogen) atoms. The zero-order valence-corrected chi connectivity index (χ0v) is 38.1. The van der Waals surface area contributed by atoms with Crippen LogP contribution in [0.5, 0.6) is 11.5 Å². The maximum Gasteiger partial charge on any atom is 0.364 e. The summed E-state index contributed by atoms with van der Waals surface area (Å²) < 4.78 is 74.0. The van der Waals surface area contributed by atoms with Gasteiger partial charge in [-0.1, -0.05) is 45.9 Å². The topological polar surface area (TPSA) is 311 Å². The van der Waals surface area contributed by atoms with Crippen LogP contribution in [0.4, 0.5) is 10.8 Å². The molecule has 0 bridgehead atoms. The van der Waals surface area contributed by atoms with Gasteiger partial charge in [0, 0.05) is 26.0 Å². The van der Waals surface area contributed by atoms with E-state index in [0.717, 1.165) is 21.1 Å². The van der Waals surface area contributed by atoms with Gasteiger partial charge in [-0.25, -0.2) is 14.6 Å². The van der Waals surface area contributed by atoms with Crippen molar-refractivity contribution in [1.82, 2.24) is 25.0 Å². The molecular formula is C40H37N10O12S4+. The molecule has 0 amide bonds. The van der Waals surface area contributed by atoms with Crippen LogP contribution in [0.25, 0.3) is 22.2 Å². The minimum atomic E-state index is -4.34. The number of hydrogen-bond acceptors (Lipinski definition) is 17. The lowest BCUT2D eigenvalue weighted by Gasteiger charge is -2.07. The van der Waals surface area contributed by atoms with Crippen molar-refractivity contribution in [3.63, 3.8) is 0 Å². The first-order chi connectivity index (χ1) is 31.2. The van der Waals surface area contributed by atoms with Crippen molar-refractivity contribution in [2.24, 2.45) is 15.3 Å². The van der Waals surface area contributed by atoms with Crippen molar-refractivity contribution in [2.45, 2.75) is 37.5 Å². The van der Waals surface area contributed by atoms with E-state index < -0.39 is 45.4 Å². The monoisotopic (exact) mass is 977 g/mol. The van der Waals surface area contributed by atoms with Crippen molar-refractivity contribution in [2.75, 3.05) is 18.6 Å². The van der Waals surface area contributed by atoms with Crippen LogP contribution in [0.15, 0.2) is 122 Å². The van der Waals surface area contributed by atoms with Crippen molar-refractivity contribution in [3.05, 3.63) is 124 Å². The molecule has 3 aromatic heterocycles. The highest BCUT2D eigenvalue weighted by Crippen LogP contribution is 2.26. The van der Waals surface area contributed by atoms with Crippen molar-refractivity contribution in [3.8, 4) is 33.7 Å². The second-order valence-corrected chi connectivity index (χ2v) is 18.7. The number of nitrogens with one attached hydrogen (secondary N) is 1. The Kier molecular flexibility index (Phi) is 15.0. The number of aryl methyl sites for hydroxylation is 4. The predicted molar refractivity (Wildman–Crippen MR) is 239 cm³/mol. The number of nitrogens with zero attached hydrogens (tertiary/aromatic N) is 9. The molecular weight excluding hydrogens is 941 g/mol.